The Labute approximate surface area is 75.1 Å². The third-order valence-electron chi connectivity index (χ3n) is 1.70. The average Bonchev–Trinajstić information content (AvgIpc) is 2.02. The fraction of sp³-hybridized carbons (Fsp3) is 0.889. The first-order chi connectivity index (χ1) is 5.70. The number of carbonyl (C=O) groups excluding carboxylic acids is 1. The number of hydrogen-bond acceptors (Lipinski definition) is 2. The molecule has 72 valence electrons. The van der Waals surface area contributed by atoms with E-state index in [1.165, 1.54) is 0 Å². The van der Waals surface area contributed by atoms with Crippen LogP contribution in [0, 0.1) is 0 Å². The van der Waals surface area contributed by atoms with Gasteiger partial charge in [0.2, 0.25) is 5.91 Å². The second-order valence-corrected chi connectivity index (χ2v) is 3.01. The van der Waals surface area contributed by atoms with Gasteiger partial charge in [-0.15, -0.1) is 0 Å². The summed E-state index contributed by atoms with van der Waals surface area (Å²) in [4.78, 5) is 13.2. The standard InChI is InChI=1S/C9H20N2O/c1-4-7-11(3)8-6-9(12)10-5-2/h4-8H2,1-3H3,(H,10,12). The lowest BCUT2D eigenvalue weighted by Crippen LogP contribution is -2.28. The molecule has 1 amide bonds. The molecule has 0 saturated carbocycles. The van der Waals surface area contributed by atoms with E-state index < -0.39 is 0 Å². The van der Waals surface area contributed by atoms with Gasteiger partial charge >= 0.3 is 0 Å². The molecule has 0 aromatic rings. The van der Waals surface area contributed by atoms with Crippen molar-refractivity contribution in [3.63, 3.8) is 0 Å². The summed E-state index contributed by atoms with van der Waals surface area (Å²) in [5.41, 5.74) is 0. The van der Waals surface area contributed by atoms with Gasteiger partial charge in [-0.2, -0.15) is 0 Å². The number of rotatable bonds is 6. The van der Waals surface area contributed by atoms with E-state index in [1.807, 2.05) is 14.0 Å². The molecule has 0 aromatic heterocycles. The van der Waals surface area contributed by atoms with Crippen molar-refractivity contribution in [1.29, 1.82) is 0 Å². The van der Waals surface area contributed by atoms with Gasteiger partial charge in [0.1, 0.15) is 0 Å². The molecule has 12 heavy (non-hydrogen) atoms. The lowest BCUT2D eigenvalue weighted by atomic mass is 10.3. The van der Waals surface area contributed by atoms with E-state index in [2.05, 4.69) is 17.1 Å². The third-order valence-corrected chi connectivity index (χ3v) is 1.70. The van der Waals surface area contributed by atoms with E-state index in [9.17, 15) is 4.79 Å². The summed E-state index contributed by atoms with van der Waals surface area (Å²) in [5, 5.41) is 2.78. The van der Waals surface area contributed by atoms with Crippen LogP contribution in [0.25, 0.3) is 0 Å². The minimum atomic E-state index is 0.153. The molecule has 0 rings (SSSR count). The lowest BCUT2D eigenvalue weighted by Gasteiger charge is -2.14. The molecule has 0 saturated heterocycles. The number of hydrogen-bond donors (Lipinski definition) is 1. The molecule has 0 aromatic carbocycles. The summed E-state index contributed by atoms with van der Waals surface area (Å²) in [6.07, 6.45) is 1.76. The Hall–Kier alpha value is -0.570. The predicted octanol–water partition coefficient (Wildman–Crippen LogP) is 0.854. The largest absolute Gasteiger partial charge is 0.356 e. The van der Waals surface area contributed by atoms with Crippen molar-refractivity contribution in [3.05, 3.63) is 0 Å². The molecule has 0 aliphatic rings. The van der Waals surface area contributed by atoms with Crippen molar-refractivity contribution < 1.29 is 4.79 Å². The molecule has 0 bridgehead atoms. The van der Waals surface area contributed by atoms with Crippen LogP contribution in [0.15, 0.2) is 0 Å². The van der Waals surface area contributed by atoms with Gasteiger partial charge in [0, 0.05) is 19.5 Å². The first-order valence-electron chi connectivity index (χ1n) is 4.66. The van der Waals surface area contributed by atoms with E-state index in [1.54, 1.807) is 0 Å². The highest BCUT2D eigenvalue weighted by Crippen LogP contribution is 1.89. The highest BCUT2D eigenvalue weighted by atomic mass is 16.1. The molecule has 1 N–H and O–H groups in total. The zero-order chi connectivity index (χ0) is 9.40. The number of nitrogens with one attached hydrogen (secondary N) is 1. The molecular formula is C9H20N2O. The Morgan fingerprint density at radius 3 is 2.50 bits per heavy atom. The van der Waals surface area contributed by atoms with E-state index in [0.717, 1.165) is 26.1 Å². The number of nitrogens with zero attached hydrogens (tertiary/aromatic N) is 1. The zero-order valence-electron chi connectivity index (χ0n) is 8.39. The maximum absolute atomic E-state index is 11.0. The SMILES string of the molecule is CCCN(C)CCC(=O)NCC. The van der Waals surface area contributed by atoms with Crippen LogP contribution in [0.5, 0.6) is 0 Å². The van der Waals surface area contributed by atoms with Crippen molar-refractivity contribution in [2.75, 3.05) is 26.7 Å². The van der Waals surface area contributed by atoms with Crippen molar-refractivity contribution in [2.45, 2.75) is 26.7 Å². The van der Waals surface area contributed by atoms with Crippen LogP contribution in [0.3, 0.4) is 0 Å². The zero-order valence-corrected chi connectivity index (χ0v) is 8.39. The van der Waals surface area contributed by atoms with Crippen LogP contribution in [0.2, 0.25) is 0 Å². The second kappa shape index (κ2) is 7.10. The molecule has 0 aliphatic carbocycles. The average molecular weight is 172 g/mol. The Morgan fingerprint density at radius 1 is 1.33 bits per heavy atom. The Bertz CT molecular complexity index is 126. The molecule has 3 heteroatoms. The van der Waals surface area contributed by atoms with E-state index in [0.29, 0.717) is 6.42 Å². The topological polar surface area (TPSA) is 32.3 Å². The van der Waals surface area contributed by atoms with Gasteiger partial charge in [0.25, 0.3) is 0 Å². The van der Waals surface area contributed by atoms with Gasteiger partial charge < -0.3 is 10.2 Å². The first kappa shape index (κ1) is 11.4. The highest BCUT2D eigenvalue weighted by molar-refractivity contribution is 5.75. The molecule has 0 unspecified atom stereocenters. The fourth-order valence-electron chi connectivity index (χ4n) is 1.07. The highest BCUT2D eigenvalue weighted by Gasteiger charge is 2.01. The molecule has 0 fully saturated rings. The summed E-state index contributed by atoms with van der Waals surface area (Å²) < 4.78 is 0. The normalized spacial score (nSPS) is 10.3. The Kier molecular flexibility index (Phi) is 6.76. The van der Waals surface area contributed by atoms with Crippen molar-refractivity contribution >= 4 is 5.91 Å². The van der Waals surface area contributed by atoms with Gasteiger partial charge in [0.05, 0.1) is 0 Å². The van der Waals surface area contributed by atoms with Crippen molar-refractivity contribution in [1.82, 2.24) is 10.2 Å². The molecule has 0 heterocycles. The van der Waals surface area contributed by atoms with Gasteiger partial charge in [-0.05, 0) is 26.9 Å². The Balaban J connectivity index is 3.33. The molecule has 3 nitrogen and oxygen atoms in total. The molecule has 0 aliphatic heterocycles. The minimum Gasteiger partial charge on any atom is -0.356 e. The predicted molar refractivity (Wildman–Crippen MR) is 51.1 cm³/mol. The van der Waals surface area contributed by atoms with Gasteiger partial charge in [-0.1, -0.05) is 6.92 Å². The molecular weight excluding hydrogens is 152 g/mol. The van der Waals surface area contributed by atoms with E-state index >= 15 is 0 Å². The van der Waals surface area contributed by atoms with Crippen molar-refractivity contribution in [3.8, 4) is 0 Å². The maximum atomic E-state index is 11.0. The summed E-state index contributed by atoms with van der Waals surface area (Å²) >= 11 is 0. The van der Waals surface area contributed by atoms with Gasteiger partial charge in [0.15, 0.2) is 0 Å². The van der Waals surface area contributed by atoms with Crippen LogP contribution in [-0.4, -0.2) is 37.5 Å². The summed E-state index contributed by atoms with van der Waals surface area (Å²) in [6, 6.07) is 0. The summed E-state index contributed by atoms with van der Waals surface area (Å²) in [6.45, 7) is 6.74. The van der Waals surface area contributed by atoms with Crippen LogP contribution < -0.4 is 5.32 Å². The number of amides is 1. The first-order valence-corrected chi connectivity index (χ1v) is 4.66. The molecule has 0 atom stereocenters. The fourth-order valence-corrected chi connectivity index (χ4v) is 1.07. The summed E-state index contributed by atoms with van der Waals surface area (Å²) in [5.74, 6) is 0.153. The molecule has 0 radical (unpaired) electrons. The summed E-state index contributed by atoms with van der Waals surface area (Å²) in [7, 11) is 2.04. The van der Waals surface area contributed by atoms with Crippen molar-refractivity contribution in [2.24, 2.45) is 0 Å². The number of carbonyl (C=O) groups is 1. The monoisotopic (exact) mass is 172 g/mol. The minimum absolute atomic E-state index is 0.153. The quantitative estimate of drug-likeness (QED) is 0.644. The van der Waals surface area contributed by atoms with Crippen LogP contribution in [0.1, 0.15) is 26.7 Å². The van der Waals surface area contributed by atoms with Gasteiger partial charge in [-0.25, -0.2) is 0 Å². The Morgan fingerprint density at radius 2 is 2.00 bits per heavy atom. The van der Waals surface area contributed by atoms with Crippen LogP contribution in [-0.2, 0) is 4.79 Å². The maximum Gasteiger partial charge on any atom is 0.221 e. The second-order valence-electron chi connectivity index (χ2n) is 3.01. The van der Waals surface area contributed by atoms with E-state index in [4.69, 9.17) is 0 Å². The third kappa shape index (κ3) is 6.16. The van der Waals surface area contributed by atoms with Gasteiger partial charge in [-0.3, -0.25) is 4.79 Å². The lowest BCUT2D eigenvalue weighted by molar-refractivity contribution is -0.121. The van der Waals surface area contributed by atoms with Crippen LogP contribution in [0.4, 0.5) is 0 Å². The smallest absolute Gasteiger partial charge is 0.221 e. The van der Waals surface area contributed by atoms with E-state index in [-0.39, 0.29) is 5.91 Å². The molecule has 0 spiro atoms. The van der Waals surface area contributed by atoms with Crippen LogP contribution >= 0.6 is 0 Å².